The first-order valence-electron chi connectivity index (χ1n) is 2.63. The molecule has 0 radical (unpaired) electrons. The lowest BCUT2D eigenvalue weighted by atomic mass is 10.5. The van der Waals surface area contributed by atoms with Crippen molar-refractivity contribution in [3.05, 3.63) is 0 Å². The summed E-state index contributed by atoms with van der Waals surface area (Å²) in [7, 11) is 0. The fraction of sp³-hybridized carbons (Fsp3) is 0.800. The lowest BCUT2D eigenvalue weighted by Gasteiger charge is -1.98. The maximum atomic E-state index is 10.3. The minimum atomic E-state index is -0.288. The highest BCUT2D eigenvalue weighted by Gasteiger charge is 1.95. The van der Waals surface area contributed by atoms with Crippen LogP contribution in [0.5, 0.6) is 0 Å². The first-order chi connectivity index (χ1) is 4.31. The Balaban J connectivity index is 2.97. The van der Waals surface area contributed by atoms with Crippen LogP contribution in [0.2, 0.25) is 0 Å². The minimum absolute atomic E-state index is 0.141. The van der Waals surface area contributed by atoms with Gasteiger partial charge < -0.3 is 4.74 Å². The zero-order chi connectivity index (χ0) is 7.11. The van der Waals surface area contributed by atoms with E-state index in [2.05, 4.69) is 17.4 Å². The van der Waals surface area contributed by atoms with E-state index in [-0.39, 0.29) is 11.7 Å². The van der Waals surface area contributed by atoms with Crippen LogP contribution < -0.4 is 0 Å². The van der Waals surface area contributed by atoms with Gasteiger partial charge >= 0.3 is 5.97 Å². The predicted molar refractivity (Wildman–Crippen MR) is 40.1 cm³/mol. The molecule has 2 nitrogen and oxygen atoms in total. The second-order valence-corrected chi connectivity index (χ2v) is 2.12. The topological polar surface area (TPSA) is 26.3 Å². The third-order valence-electron chi connectivity index (χ3n) is 0.670. The number of hydrogen-bond donors (Lipinski definition) is 1. The summed E-state index contributed by atoms with van der Waals surface area (Å²) >= 11 is 9.03. The molecule has 0 heterocycles. The average Bonchev–Trinajstić information content (AvgIpc) is 1.89. The Bertz CT molecular complexity index is 87.0. The van der Waals surface area contributed by atoms with Crippen molar-refractivity contribution >= 4 is 30.2 Å². The van der Waals surface area contributed by atoms with Gasteiger partial charge in [-0.1, -0.05) is 0 Å². The largest absolute Gasteiger partial charge is 0.465 e. The maximum Gasteiger partial charge on any atom is 0.315 e. The fourth-order valence-corrected chi connectivity index (χ4v) is 0.487. The summed E-state index contributed by atoms with van der Waals surface area (Å²) in [6.07, 6.45) is 0.709. The number of esters is 1. The van der Waals surface area contributed by atoms with Crippen LogP contribution in [0.1, 0.15) is 6.42 Å². The number of rotatable bonds is 4. The van der Waals surface area contributed by atoms with Crippen LogP contribution in [0.4, 0.5) is 0 Å². The summed E-state index contributed by atoms with van der Waals surface area (Å²) in [5, 5.41) is 0. The summed E-state index contributed by atoms with van der Waals surface area (Å²) in [5.41, 5.74) is 0. The van der Waals surface area contributed by atoms with Crippen molar-refractivity contribution in [1.82, 2.24) is 0 Å². The number of hydrogen-bond acceptors (Lipinski definition) is 3. The number of thiol groups is 1. The van der Waals surface area contributed by atoms with Crippen LogP contribution in [-0.2, 0) is 9.53 Å². The third-order valence-corrected chi connectivity index (χ3v) is 1.20. The fourth-order valence-electron chi connectivity index (χ4n) is 0.286. The summed E-state index contributed by atoms with van der Waals surface area (Å²) in [4.78, 5) is 10.3. The second kappa shape index (κ2) is 6.23. The molecule has 9 heavy (non-hydrogen) atoms. The van der Waals surface area contributed by atoms with Crippen LogP contribution >= 0.6 is 24.2 Å². The van der Waals surface area contributed by atoms with Crippen LogP contribution in [0.3, 0.4) is 0 Å². The molecule has 0 aliphatic heterocycles. The van der Waals surface area contributed by atoms with E-state index < -0.39 is 0 Å². The van der Waals surface area contributed by atoms with Gasteiger partial charge in [0.05, 0.1) is 12.4 Å². The number of alkyl halides is 1. The zero-order valence-electron chi connectivity index (χ0n) is 4.97. The van der Waals surface area contributed by atoms with E-state index in [0.717, 1.165) is 0 Å². The molecule has 0 aromatic carbocycles. The number of carbonyl (C=O) groups is 1. The van der Waals surface area contributed by atoms with Gasteiger partial charge in [0.2, 0.25) is 0 Å². The molecular weight excluding hydrogens is 160 g/mol. The maximum absolute atomic E-state index is 10.3. The molecule has 0 spiro atoms. The lowest BCUT2D eigenvalue weighted by molar-refractivity contribution is -0.140. The van der Waals surface area contributed by atoms with E-state index in [1.54, 1.807) is 0 Å². The van der Waals surface area contributed by atoms with Gasteiger partial charge in [0.25, 0.3) is 0 Å². The Hall–Kier alpha value is 0.110. The Morgan fingerprint density at radius 1 is 1.67 bits per heavy atom. The first-order valence-corrected chi connectivity index (χ1v) is 3.80. The normalized spacial score (nSPS) is 9.11. The SMILES string of the molecule is O=C(CS)OCCCCl. The molecule has 4 heteroatoms. The van der Waals surface area contributed by atoms with Crippen LogP contribution in [0, 0.1) is 0 Å². The van der Waals surface area contributed by atoms with Crippen molar-refractivity contribution in [2.45, 2.75) is 6.42 Å². The molecule has 0 aliphatic carbocycles. The summed E-state index contributed by atoms with van der Waals surface area (Å²) in [6, 6.07) is 0. The quantitative estimate of drug-likeness (QED) is 0.294. The molecule has 0 aromatic heterocycles. The minimum Gasteiger partial charge on any atom is -0.465 e. The smallest absolute Gasteiger partial charge is 0.315 e. The highest BCUT2D eigenvalue weighted by atomic mass is 35.5. The Morgan fingerprint density at radius 2 is 2.33 bits per heavy atom. The van der Waals surface area contributed by atoms with E-state index >= 15 is 0 Å². The molecule has 0 N–H and O–H groups in total. The highest BCUT2D eigenvalue weighted by Crippen LogP contribution is 1.87. The number of ether oxygens (including phenoxy) is 1. The summed E-state index contributed by atoms with van der Waals surface area (Å²) in [6.45, 7) is 0.406. The number of halogens is 1. The third kappa shape index (κ3) is 5.99. The summed E-state index contributed by atoms with van der Waals surface area (Å²) < 4.78 is 4.63. The number of carbonyl (C=O) groups excluding carboxylic acids is 1. The highest BCUT2D eigenvalue weighted by molar-refractivity contribution is 7.81. The molecule has 0 fully saturated rings. The predicted octanol–water partition coefficient (Wildman–Crippen LogP) is 1.09. The molecule has 0 rings (SSSR count). The lowest BCUT2D eigenvalue weighted by Crippen LogP contribution is -2.06. The van der Waals surface area contributed by atoms with Gasteiger partial charge in [-0.15, -0.1) is 11.6 Å². The van der Waals surface area contributed by atoms with Gasteiger partial charge in [0.1, 0.15) is 0 Å². The molecule has 0 aromatic rings. The van der Waals surface area contributed by atoms with Crippen molar-refractivity contribution in [2.24, 2.45) is 0 Å². The second-order valence-electron chi connectivity index (χ2n) is 1.42. The monoisotopic (exact) mass is 168 g/mol. The van der Waals surface area contributed by atoms with Crippen molar-refractivity contribution in [2.75, 3.05) is 18.2 Å². The zero-order valence-corrected chi connectivity index (χ0v) is 6.62. The van der Waals surface area contributed by atoms with E-state index in [1.807, 2.05) is 0 Å². The Kier molecular flexibility index (Phi) is 6.31. The molecule has 0 amide bonds. The molecule has 0 atom stereocenters. The van der Waals surface area contributed by atoms with Crippen molar-refractivity contribution < 1.29 is 9.53 Å². The standard InChI is InChI=1S/C5H9ClO2S/c6-2-1-3-8-5(7)4-9/h9H,1-4H2. The average molecular weight is 169 g/mol. The molecule has 0 saturated carbocycles. The van der Waals surface area contributed by atoms with E-state index in [1.165, 1.54) is 0 Å². The van der Waals surface area contributed by atoms with Crippen molar-refractivity contribution in [3.63, 3.8) is 0 Å². The summed E-state index contributed by atoms with van der Waals surface area (Å²) in [5.74, 6) is 0.380. The molecule has 0 aliphatic rings. The molecule has 0 saturated heterocycles. The molecule has 0 bridgehead atoms. The Labute approximate surface area is 64.9 Å². The van der Waals surface area contributed by atoms with Gasteiger partial charge in [-0.2, -0.15) is 12.6 Å². The molecule has 54 valence electrons. The van der Waals surface area contributed by atoms with Gasteiger partial charge in [-0.25, -0.2) is 0 Å². The van der Waals surface area contributed by atoms with E-state index in [0.29, 0.717) is 18.9 Å². The Morgan fingerprint density at radius 3 is 2.78 bits per heavy atom. The first kappa shape index (κ1) is 9.11. The molecular formula is C5H9ClO2S. The van der Waals surface area contributed by atoms with E-state index in [4.69, 9.17) is 11.6 Å². The van der Waals surface area contributed by atoms with Gasteiger partial charge in [0.15, 0.2) is 0 Å². The van der Waals surface area contributed by atoms with Gasteiger partial charge in [-0.3, -0.25) is 4.79 Å². The van der Waals surface area contributed by atoms with Gasteiger partial charge in [0, 0.05) is 5.88 Å². The molecule has 0 unspecified atom stereocenters. The van der Waals surface area contributed by atoms with Crippen LogP contribution in [0.15, 0.2) is 0 Å². The van der Waals surface area contributed by atoms with Crippen molar-refractivity contribution in [3.8, 4) is 0 Å². The van der Waals surface area contributed by atoms with Crippen molar-refractivity contribution in [1.29, 1.82) is 0 Å². The van der Waals surface area contributed by atoms with Crippen LogP contribution in [-0.4, -0.2) is 24.2 Å². The van der Waals surface area contributed by atoms with Crippen LogP contribution in [0.25, 0.3) is 0 Å². The van der Waals surface area contributed by atoms with Gasteiger partial charge in [-0.05, 0) is 6.42 Å². The van der Waals surface area contributed by atoms with E-state index in [9.17, 15) is 4.79 Å².